The average Bonchev–Trinajstić information content (AvgIpc) is 2.86. The van der Waals surface area contributed by atoms with E-state index in [1.165, 1.54) is 12.8 Å². The Kier molecular flexibility index (Phi) is 2.16. The summed E-state index contributed by atoms with van der Waals surface area (Å²) in [4.78, 5) is 4.14. The Morgan fingerprint density at radius 1 is 1.62 bits per heavy atom. The van der Waals surface area contributed by atoms with Crippen molar-refractivity contribution in [2.75, 3.05) is 11.2 Å². The maximum atomic E-state index is 5.87. The Balaban J connectivity index is 2.09. The molecule has 3 heteroatoms. The average molecular weight is 197 g/mol. The van der Waals surface area contributed by atoms with Crippen molar-refractivity contribution in [3.63, 3.8) is 0 Å². The van der Waals surface area contributed by atoms with Crippen LogP contribution in [-0.2, 0) is 0 Å². The second kappa shape index (κ2) is 3.18. The predicted molar refractivity (Wildman–Crippen MR) is 55.3 cm³/mol. The van der Waals surface area contributed by atoms with Gasteiger partial charge in [-0.25, -0.2) is 0 Å². The van der Waals surface area contributed by atoms with E-state index >= 15 is 0 Å². The van der Waals surface area contributed by atoms with Gasteiger partial charge in [-0.2, -0.15) is 0 Å². The Labute approximate surface area is 83.3 Å². The molecular formula is C10H13ClN2. The lowest BCUT2D eigenvalue weighted by atomic mass is 10.2. The number of aromatic nitrogens is 1. The molecule has 1 N–H and O–H groups in total. The van der Waals surface area contributed by atoms with E-state index in [4.69, 9.17) is 11.6 Å². The standard InChI is InChI=1S/C10H13ClN2/c1-8-6-9(2-5-12-8)13-10(7-11)3-4-10/h2,5-6H,3-4,7H2,1H3,(H,12,13). The molecule has 0 aliphatic heterocycles. The van der Waals surface area contributed by atoms with Gasteiger partial charge in [0.15, 0.2) is 0 Å². The van der Waals surface area contributed by atoms with Crippen LogP contribution >= 0.6 is 11.6 Å². The summed E-state index contributed by atoms with van der Waals surface area (Å²) >= 11 is 5.87. The molecule has 1 heterocycles. The highest BCUT2D eigenvalue weighted by Crippen LogP contribution is 2.39. The quantitative estimate of drug-likeness (QED) is 0.752. The predicted octanol–water partition coefficient (Wildman–Crippen LogP) is 2.57. The minimum atomic E-state index is 0.176. The lowest BCUT2D eigenvalue weighted by molar-refractivity contribution is 0.837. The molecule has 2 rings (SSSR count). The van der Waals surface area contributed by atoms with Crippen molar-refractivity contribution in [2.24, 2.45) is 0 Å². The summed E-state index contributed by atoms with van der Waals surface area (Å²) in [6.07, 6.45) is 4.18. The van der Waals surface area contributed by atoms with Crippen LogP contribution in [0.3, 0.4) is 0 Å². The summed E-state index contributed by atoms with van der Waals surface area (Å²) in [6.45, 7) is 1.99. The second-order valence-electron chi connectivity index (χ2n) is 3.72. The highest BCUT2D eigenvalue weighted by Gasteiger charge is 2.41. The van der Waals surface area contributed by atoms with Crippen molar-refractivity contribution in [2.45, 2.75) is 25.3 Å². The monoisotopic (exact) mass is 196 g/mol. The van der Waals surface area contributed by atoms with Crippen LogP contribution in [0.2, 0.25) is 0 Å². The van der Waals surface area contributed by atoms with E-state index in [-0.39, 0.29) is 5.54 Å². The van der Waals surface area contributed by atoms with Crippen LogP contribution in [0.1, 0.15) is 18.5 Å². The van der Waals surface area contributed by atoms with Crippen molar-refractivity contribution in [3.8, 4) is 0 Å². The van der Waals surface area contributed by atoms with Gasteiger partial charge < -0.3 is 5.32 Å². The van der Waals surface area contributed by atoms with Crippen molar-refractivity contribution in [1.29, 1.82) is 0 Å². The topological polar surface area (TPSA) is 24.9 Å². The number of hydrogen-bond acceptors (Lipinski definition) is 2. The van der Waals surface area contributed by atoms with Gasteiger partial charge in [0, 0.05) is 23.5 Å². The number of alkyl halides is 1. The number of halogens is 1. The largest absolute Gasteiger partial charge is 0.378 e. The van der Waals surface area contributed by atoms with Gasteiger partial charge in [0.1, 0.15) is 0 Å². The maximum Gasteiger partial charge on any atom is 0.0510 e. The first-order valence-electron chi connectivity index (χ1n) is 4.51. The zero-order valence-corrected chi connectivity index (χ0v) is 8.43. The number of nitrogens with zero attached hydrogens (tertiary/aromatic N) is 1. The lowest BCUT2D eigenvalue weighted by Crippen LogP contribution is -2.22. The third-order valence-corrected chi connectivity index (χ3v) is 2.93. The molecule has 0 bridgehead atoms. The van der Waals surface area contributed by atoms with Crippen molar-refractivity contribution >= 4 is 17.3 Å². The Morgan fingerprint density at radius 3 is 2.92 bits per heavy atom. The molecule has 2 nitrogen and oxygen atoms in total. The maximum absolute atomic E-state index is 5.87. The van der Waals surface area contributed by atoms with E-state index in [1.54, 1.807) is 0 Å². The number of hydrogen-bond donors (Lipinski definition) is 1. The fourth-order valence-electron chi connectivity index (χ4n) is 1.37. The van der Waals surface area contributed by atoms with Crippen molar-refractivity contribution in [1.82, 2.24) is 4.98 Å². The SMILES string of the molecule is Cc1cc(NC2(CCl)CC2)ccn1. The molecule has 1 aliphatic carbocycles. The fourth-order valence-corrected chi connectivity index (χ4v) is 1.71. The molecular weight excluding hydrogens is 184 g/mol. The third-order valence-electron chi connectivity index (χ3n) is 2.42. The smallest absolute Gasteiger partial charge is 0.0510 e. The van der Waals surface area contributed by atoms with Crippen LogP contribution in [0.4, 0.5) is 5.69 Å². The number of anilines is 1. The van der Waals surface area contributed by atoms with E-state index in [0.29, 0.717) is 5.88 Å². The first kappa shape index (κ1) is 8.82. The number of rotatable bonds is 3. The van der Waals surface area contributed by atoms with Gasteiger partial charge >= 0.3 is 0 Å². The van der Waals surface area contributed by atoms with Gasteiger partial charge in [-0.15, -0.1) is 11.6 Å². The van der Waals surface area contributed by atoms with E-state index in [0.717, 1.165) is 11.4 Å². The van der Waals surface area contributed by atoms with Crippen LogP contribution in [0.5, 0.6) is 0 Å². The molecule has 1 saturated carbocycles. The Hall–Kier alpha value is -0.760. The molecule has 0 amide bonds. The molecule has 0 radical (unpaired) electrons. The minimum Gasteiger partial charge on any atom is -0.378 e. The van der Waals surface area contributed by atoms with Crippen LogP contribution in [-0.4, -0.2) is 16.4 Å². The van der Waals surface area contributed by atoms with Gasteiger partial charge in [-0.05, 0) is 31.9 Å². The molecule has 0 atom stereocenters. The third kappa shape index (κ3) is 1.94. The summed E-state index contributed by atoms with van der Waals surface area (Å²) in [7, 11) is 0. The zero-order valence-electron chi connectivity index (χ0n) is 7.68. The molecule has 1 aromatic heterocycles. The molecule has 1 aromatic rings. The molecule has 0 aromatic carbocycles. The van der Waals surface area contributed by atoms with Gasteiger partial charge in [-0.1, -0.05) is 0 Å². The van der Waals surface area contributed by atoms with Gasteiger partial charge in [-0.3, -0.25) is 4.98 Å². The molecule has 13 heavy (non-hydrogen) atoms. The van der Waals surface area contributed by atoms with E-state index < -0.39 is 0 Å². The zero-order chi connectivity index (χ0) is 9.31. The molecule has 0 unspecified atom stereocenters. The first-order chi connectivity index (χ1) is 6.24. The summed E-state index contributed by atoms with van der Waals surface area (Å²) in [6, 6.07) is 4.03. The highest BCUT2D eigenvalue weighted by atomic mass is 35.5. The first-order valence-corrected chi connectivity index (χ1v) is 5.04. The van der Waals surface area contributed by atoms with Gasteiger partial charge in [0.05, 0.1) is 5.54 Å². The normalized spacial score (nSPS) is 18.3. The Morgan fingerprint density at radius 2 is 2.38 bits per heavy atom. The molecule has 1 fully saturated rings. The van der Waals surface area contributed by atoms with Crippen LogP contribution in [0, 0.1) is 6.92 Å². The second-order valence-corrected chi connectivity index (χ2v) is 3.99. The molecule has 1 aliphatic rings. The van der Waals surface area contributed by atoms with Crippen LogP contribution < -0.4 is 5.32 Å². The van der Waals surface area contributed by atoms with Crippen molar-refractivity contribution < 1.29 is 0 Å². The molecule has 0 spiro atoms. The number of nitrogens with one attached hydrogen (secondary N) is 1. The summed E-state index contributed by atoms with van der Waals surface area (Å²) in [5.74, 6) is 0.689. The van der Waals surface area contributed by atoms with E-state index in [1.807, 2.05) is 25.3 Å². The Bertz CT molecular complexity index is 308. The van der Waals surface area contributed by atoms with E-state index in [2.05, 4.69) is 10.3 Å². The van der Waals surface area contributed by atoms with E-state index in [9.17, 15) is 0 Å². The fraction of sp³-hybridized carbons (Fsp3) is 0.500. The lowest BCUT2D eigenvalue weighted by Gasteiger charge is -2.15. The summed E-state index contributed by atoms with van der Waals surface area (Å²) < 4.78 is 0. The van der Waals surface area contributed by atoms with Gasteiger partial charge in [0.2, 0.25) is 0 Å². The molecule has 0 saturated heterocycles. The van der Waals surface area contributed by atoms with Gasteiger partial charge in [0.25, 0.3) is 0 Å². The summed E-state index contributed by atoms with van der Waals surface area (Å²) in [5, 5.41) is 3.45. The number of aryl methyl sites for hydroxylation is 1. The van der Waals surface area contributed by atoms with Crippen LogP contribution in [0.25, 0.3) is 0 Å². The summed E-state index contributed by atoms with van der Waals surface area (Å²) in [5.41, 5.74) is 2.34. The highest BCUT2D eigenvalue weighted by molar-refractivity contribution is 6.19. The number of pyridine rings is 1. The van der Waals surface area contributed by atoms with Crippen molar-refractivity contribution in [3.05, 3.63) is 24.0 Å². The molecule has 70 valence electrons. The van der Waals surface area contributed by atoms with Crippen LogP contribution in [0.15, 0.2) is 18.3 Å². The minimum absolute atomic E-state index is 0.176.